The zero-order chi connectivity index (χ0) is 17.2. The summed E-state index contributed by atoms with van der Waals surface area (Å²) in [6.07, 6.45) is 1.71. The topological polar surface area (TPSA) is 68.6 Å². The quantitative estimate of drug-likeness (QED) is 0.908. The summed E-state index contributed by atoms with van der Waals surface area (Å²) in [5.41, 5.74) is 2.48. The summed E-state index contributed by atoms with van der Waals surface area (Å²) in [4.78, 5) is 18.9. The lowest BCUT2D eigenvalue weighted by Crippen LogP contribution is -2.46. The van der Waals surface area contributed by atoms with Crippen LogP contribution < -0.4 is 10.1 Å². The van der Waals surface area contributed by atoms with Crippen LogP contribution in [0.25, 0.3) is 0 Å². The molecule has 132 valence electrons. The largest absolute Gasteiger partial charge is 0.497 e. The number of hydrogen-bond acceptors (Lipinski definition) is 5. The van der Waals surface area contributed by atoms with Gasteiger partial charge in [-0.1, -0.05) is 12.1 Å². The van der Waals surface area contributed by atoms with Crippen molar-refractivity contribution in [1.29, 1.82) is 0 Å². The Bertz CT molecular complexity index is 750. The molecule has 1 fully saturated rings. The number of aromatic nitrogens is 2. The normalized spacial score (nSPS) is 20.2. The minimum Gasteiger partial charge on any atom is -0.497 e. The first-order valence-corrected chi connectivity index (χ1v) is 8.56. The van der Waals surface area contributed by atoms with Gasteiger partial charge in [-0.25, -0.2) is 4.98 Å². The fourth-order valence-electron chi connectivity index (χ4n) is 3.34. The number of hydrogen-bond donors (Lipinski definition) is 1. The van der Waals surface area contributed by atoms with E-state index in [1.54, 1.807) is 13.4 Å². The number of nitrogens with one attached hydrogen (secondary N) is 1. The van der Waals surface area contributed by atoms with Gasteiger partial charge in [0.2, 0.25) is 0 Å². The molecule has 0 unspecified atom stereocenters. The Morgan fingerprint density at radius 3 is 2.76 bits per heavy atom. The van der Waals surface area contributed by atoms with E-state index in [2.05, 4.69) is 10.3 Å². The number of carbonyl (C=O) groups excluding carboxylic acids is 1. The molecule has 2 aromatic rings. The first-order valence-electron chi connectivity index (χ1n) is 8.56. The van der Waals surface area contributed by atoms with E-state index in [-0.39, 0.29) is 12.0 Å². The third kappa shape index (κ3) is 3.12. The zero-order valence-corrected chi connectivity index (χ0v) is 14.3. The second kappa shape index (κ2) is 6.85. The van der Waals surface area contributed by atoms with Crippen LogP contribution in [0.5, 0.6) is 5.75 Å². The predicted molar refractivity (Wildman–Crippen MR) is 91.5 cm³/mol. The van der Waals surface area contributed by atoms with Gasteiger partial charge < -0.3 is 24.3 Å². The van der Waals surface area contributed by atoms with Crippen LogP contribution in [-0.2, 0) is 17.9 Å². The van der Waals surface area contributed by atoms with Gasteiger partial charge in [0.1, 0.15) is 11.9 Å². The number of fused-ring (bicyclic) bond motifs is 1. The average Bonchev–Trinajstić information content (AvgIpc) is 3.11. The standard InChI is InChI=1S/C18H22N4O3/c1-24-14-4-2-13(3-5-14)16-10-22-12-20-17(15(22)11-25-16)18(23)21-8-6-19-7-9-21/h2-5,12,16,19H,6-11H2,1H3/t16-/m0/s1. The third-order valence-electron chi connectivity index (χ3n) is 4.82. The number of rotatable bonds is 3. The van der Waals surface area contributed by atoms with Crippen molar-refractivity contribution in [2.24, 2.45) is 0 Å². The molecule has 4 rings (SSSR count). The van der Waals surface area contributed by atoms with Crippen LogP contribution in [0.1, 0.15) is 27.8 Å². The van der Waals surface area contributed by atoms with Crippen LogP contribution in [0, 0.1) is 0 Å². The van der Waals surface area contributed by atoms with Crippen molar-refractivity contribution < 1.29 is 14.3 Å². The number of nitrogens with zero attached hydrogens (tertiary/aromatic N) is 3. The summed E-state index contributed by atoms with van der Waals surface area (Å²) in [6, 6.07) is 7.89. The maximum atomic E-state index is 12.7. The molecule has 2 aliphatic heterocycles. The fourth-order valence-corrected chi connectivity index (χ4v) is 3.34. The second-order valence-corrected chi connectivity index (χ2v) is 6.31. The van der Waals surface area contributed by atoms with Crippen LogP contribution in [0.4, 0.5) is 0 Å². The zero-order valence-electron chi connectivity index (χ0n) is 14.3. The summed E-state index contributed by atoms with van der Waals surface area (Å²) < 4.78 is 13.2. The molecular formula is C18H22N4O3. The molecule has 0 spiro atoms. The Hall–Kier alpha value is -2.38. The van der Waals surface area contributed by atoms with E-state index in [9.17, 15) is 4.79 Å². The highest BCUT2D eigenvalue weighted by molar-refractivity contribution is 5.93. The van der Waals surface area contributed by atoms with Gasteiger partial charge in [0, 0.05) is 26.2 Å². The first-order chi connectivity index (χ1) is 12.3. The molecule has 0 bridgehead atoms. The van der Waals surface area contributed by atoms with E-state index in [0.717, 1.165) is 43.2 Å². The SMILES string of the molecule is COc1ccc([C@@H]2Cn3cnc(C(=O)N4CCNCC4)c3CO2)cc1. The summed E-state index contributed by atoms with van der Waals surface area (Å²) in [7, 11) is 1.65. The van der Waals surface area contributed by atoms with Crippen LogP contribution in [0.15, 0.2) is 30.6 Å². The van der Waals surface area contributed by atoms with Gasteiger partial charge in [0.05, 0.1) is 32.3 Å². The van der Waals surface area contributed by atoms with E-state index >= 15 is 0 Å². The number of benzene rings is 1. The molecule has 1 saturated heterocycles. The smallest absolute Gasteiger partial charge is 0.274 e. The molecule has 25 heavy (non-hydrogen) atoms. The number of methoxy groups -OCH3 is 1. The van der Waals surface area contributed by atoms with Crippen molar-refractivity contribution in [3.05, 3.63) is 47.5 Å². The Morgan fingerprint density at radius 1 is 1.28 bits per heavy atom. The molecule has 1 amide bonds. The summed E-state index contributed by atoms with van der Waals surface area (Å²) in [5.74, 6) is 0.827. The molecule has 0 saturated carbocycles. The van der Waals surface area contributed by atoms with Gasteiger partial charge >= 0.3 is 0 Å². The maximum Gasteiger partial charge on any atom is 0.274 e. The molecule has 1 aromatic heterocycles. The molecule has 2 aliphatic rings. The van der Waals surface area contributed by atoms with E-state index in [1.807, 2.05) is 33.7 Å². The number of ether oxygens (including phenoxy) is 2. The van der Waals surface area contributed by atoms with Gasteiger partial charge in [-0.15, -0.1) is 0 Å². The average molecular weight is 342 g/mol. The third-order valence-corrected chi connectivity index (χ3v) is 4.82. The van der Waals surface area contributed by atoms with Crippen LogP contribution >= 0.6 is 0 Å². The van der Waals surface area contributed by atoms with Crippen molar-refractivity contribution >= 4 is 5.91 Å². The number of carbonyl (C=O) groups is 1. The summed E-state index contributed by atoms with van der Waals surface area (Å²) >= 11 is 0. The Morgan fingerprint density at radius 2 is 2.04 bits per heavy atom. The van der Waals surface area contributed by atoms with Crippen molar-refractivity contribution in [3.8, 4) is 5.75 Å². The van der Waals surface area contributed by atoms with Crippen molar-refractivity contribution in [2.45, 2.75) is 19.3 Å². The summed E-state index contributed by atoms with van der Waals surface area (Å²) in [5, 5.41) is 3.26. The maximum absolute atomic E-state index is 12.7. The van der Waals surface area contributed by atoms with Crippen molar-refractivity contribution in [1.82, 2.24) is 19.8 Å². The molecule has 0 aliphatic carbocycles. The van der Waals surface area contributed by atoms with Gasteiger partial charge in [-0.3, -0.25) is 4.79 Å². The molecule has 0 radical (unpaired) electrons. The minimum atomic E-state index is -0.0465. The lowest BCUT2D eigenvalue weighted by molar-refractivity contribution is 0.00230. The summed E-state index contributed by atoms with van der Waals surface area (Å²) in [6.45, 7) is 4.16. The van der Waals surface area contributed by atoms with Gasteiger partial charge in [0.25, 0.3) is 5.91 Å². The van der Waals surface area contributed by atoms with Crippen molar-refractivity contribution in [3.63, 3.8) is 0 Å². The second-order valence-electron chi connectivity index (χ2n) is 6.31. The number of piperazine rings is 1. The van der Waals surface area contributed by atoms with Gasteiger partial charge in [0.15, 0.2) is 5.69 Å². The highest BCUT2D eigenvalue weighted by Crippen LogP contribution is 2.29. The Balaban J connectivity index is 1.50. The molecule has 1 aromatic carbocycles. The predicted octanol–water partition coefficient (Wildman–Crippen LogP) is 1.21. The molecule has 1 N–H and O–H groups in total. The monoisotopic (exact) mass is 342 g/mol. The van der Waals surface area contributed by atoms with E-state index in [1.165, 1.54) is 0 Å². The molecule has 7 heteroatoms. The highest BCUT2D eigenvalue weighted by atomic mass is 16.5. The molecule has 7 nitrogen and oxygen atoms in total. The van der Waals surface area contributed by atoms with E-state index in [0.29, 0.717) is 18.8 Å². The van der Waals surface area contributed by atoms with Crippen LogP contribution in [-0.4, -0.2) is 53.6 Å². The van der Waals surface area contributed by atoms with E-state index < -0.39 is 0 Å². The first kappa shape index (κ1) is 16.1. The van der Waals surface area contributed by atoms with Crippen molar-refractivity contribution in [2.75, 3.05) is 33.3 Å². The van der Waals surface area contributed by atoms with Crippen LogP contribution in [0.3, 0.4) is 0 Å². The molecular weight excluding hydrogens is 320 g/mol. The van der Waals surface area contributed by atoms with E-state index in [4.69, 9.17) is 9.47 Å². The fraction of sp³-hybridized carbons (Fsp3) is 0.444. The van der Waals surface area contributed by atoms with Gasteiger partial charge in [-0.2, -0.15) is 0 Å². The lowest BCUT2D eigenvalue weighted by Gasteiger charge is -2.28. The lowest BCUT2D eigenvalue weighted by atomic mass is 10.1. The number of amides is 1. The van der Waals surface area contributed by atoms with Crippen LogP contribution in [0.2, 0.25) is 0 Å². The number of imidazole rings is 1. The molecule has 1 atom stereocenters. The van der Waals surface area contributed by atoms with Gasteiger partial charge in [-0.05, 0) is 17.7 Å². The Labute approximate surface area is 146 Å². The highest BCUT2D eigenvalue weighted by Gasteiger charge is 2.29. The Kier molecular flexibility index (Phi) is 4.42. The minimum absolute atomic E-state index is 0.00162. The molecule has 3 heterocycles.